The molecule has 0 aliphatic carbocycles. The van der Waals surface area contributed by atoms with Crippen molar-refractivity contribution in [2.24, 2.45) is 7.05 Å². The van der Waals surface area contributed by atoms with Crippen molar-refractivity contribution in [3.05, 3.63) is 71.3 Å². The number of imidazole rings is 1. The molecule has 4 rings (SSSR count). The maximum Gasteiger partial charge on any atom is 0.146 e. The number of aryl methyl sites for hydroxylation is 2. The molecule has 1 aromatic carbocycles. The molecule has 0 spiro atoms. The zero-order valence-electron chi connectivity index (χ0n) is 15.2. The summed E-state index contributed by atoms with van der Waals surface area (Å²) in [6, 6.07) is 8.33. The second kappa shape index (κ2) is 7.25. The SMILES string of the molecule is Cc1ncc2c(n1)CCN(Cc1ccc(OCc3nccn3C)cc1)C2. The molecule has 0 N–H and O–H groups in total. The number of hydrogen-bond acceptors (Lipinski definition) is 5. The van der Waals surface area contributed by atoms with Crippen LogP contribution in [0.5, 0.6) is 5.75 Å². The summed E-state index contributed by atoms with van der Waals surface area (Å²) in [7, 11) is 1.97. The molecule has 6 heteroatoms. The molecule has 0 saturated heterocycles. The van der Waals surface area contributed by atoms with E-state index in [-0.39, 0.29) is 0 Å². The van der Waals surface area contributed by atoms with Crippen LogP contribution in [0, 0.1) is 6.92 Å². The highest BCUT2D eigenvalue weighted by Crippen LogP contribution is 2.20. The van der Waals surface area contributed by atoms with E-state index in [1.807, 2.05) is 43.1 Å². The van der Waals surface area contributed by atoms with E-state index in [0.717, 1.165) is 43.5 Å². The van der Waals surface area contributed by atoms with E-state index >= 15 is 0 Å². The van der Waals surface area contributed by atoms with Gasteiger partial charge in [-0.25, -0.2) is 15.0 Å². The average Bonchev–Trinajstić information content (AvgIpc) is 3.06. The van der Waals surface area contributed by atoms with Gasteiger partial charge in [0.1, 0.15) is 24.0 Å². The van der Waals surface area contributed by atoms with Crippen molar-refractivity contribution in [1.82, 2.24) is 24.4 Å². The van der Waals surface area contributed by atoms with E-state index in [1.165, 1.54) is 16.8 Å². The van der Waals surface area contributed by atoms with Gasteiger partial charge in [0.2, 0.25) is 0 Å². The van der Waals surface area contributed by atoms with Gasteiger partial charge in [0.15, 0.2) is 0 Å². The third-order valence-corrected chi connectivity index (χ3v) is 4.75. The van der Waals surface area contributed by atoms with Crippen LogP contribution in [-0.2, 0) is 33.2 Å². The standard InChI is InChI=1S/C20H23N5O/c1-15-22-11-17-13-25(9-7-19(17)23-15)12-16-3-5-18(6-4-16)26-14-20-21-8-10-24(20)2/h3-6,8,10-11H,7,9,12-14H2,1-2H3. The second-order valence-corrected chi connectivity index (χ2v) is 6.74. The summed E-state index contributed by atoms with van der Waals surface area (Å²) in [4.78, 5) is 15.6. The lowest BCUT2D eigenvalue weighted by atomic mass is 10.1. The molecule has 0 amide bonds. The fraction of sp³-hybridized carbons (Fsp3) is 0.350. The van der Waals surface area contributed by atoms with E-state index in [0.29, 0.717) is 6.61 Å². The third kappa shape index (κ3) is 3.75. The molecule has 0 fully saturated rings. The van der Waals surface area contributed by atoms with E-state index in [4.69, 9.17) is 4.74 Å². The molecule has 134 valence electrons. The maximum atomic E-state index is 5.82. The Bertz CT molecular complexity index is 887. The lowest BCUT2D eigenvalue weighted by Gasteiger charge is -2.28. The summed E-state index contributed by atoms with van der Waals surface area (Å²) in [5.74, 6) is 2.64. The number of nitrogens with zero attached hydrogens (tertiary/aromatic N) is 5. The normalized spacial score (nSPS) is 14.2. The topological polar surface area (TPSA) is 56.1 Å². The fourth-order valence-corrected chi connectivity index (χ4v) is 3.24. The van der Waals surface area contributed by atoms with Crippen LogP contribution in [0.2, 0.25) is 0 Å². The van der Waals surface area contributed by atoms with E-state index < -0.39 is 0 Å². The highest BCUT2D eigenvalue weighted by molar-refractivity contribution is 5.28. The Morgan fingerprint density at radius 1 is 1.15 bits per heavy atom. The minimum Gasteiger partial charge on any atom is -0.486 e. The Morgan fingerprint density at radius 2 is 2.00 bits per heavy atom. The van der Waals surface area contributed by atoms with Crippen LogP contribution in [0.15, 0.2) is 42.9 Å². The monoisotopic (exact) mass is 349 g/mol. The molecule has 1 aliphatic rings. The number of ether oxygens (including phenoxy) is 1. The van der Waals surface area contributed by atoms with Gasteiger partial charge in [0.05, 0.1) is 0 Å². The minimum absolute atomic E-state index is 0.477. The van der Waals surface area contributed by atoms with E-state index in [9.17, 15) is 0 Å². The van der Waals surface area contributed by atoms with Crippen molar-refractivity contribution in [2.45, 2.75) is 33.0 Å². The van der Waals surface area contributed by atoms with Crippen molar-refractivity contribution in [1.29, 1.82) is 0 Å². The molecule has 0 atom stereocenters. The Morgan fingerprint density at radius 3 is 2.77 bits per heavy atom. The zero-order valence-corrected chi connectivity index (χ0v) is 15.2. The number of fused-ring (bicyclic) bond motifs is 1. The van der Waals surface area contributed by atoms with Gasteiger partial charge in [-0.1, -0.05) is 12.1 Å². The first-order valence-corrected chi connectivity index (χ1v) is 8.89. The van der Waals surface area contributed by atoms with Crippen molar-refractivity contribution in [2.75, 3.05) is 6.54 Å². The van der Waals surface area contributed by atoms with Gasteiger partial charge in [-0.3, -0.25) is 4.90 Å². The van der Waals surface area contributed by atoms with E-state index in [2.05, 4.69) is 32.0 Å². The molecule has 26 heavy (non-hydrogen) atoms. The number of aromatic nitrogens is 4. The summed E-state index contributed by atoms with van der Waals surface area (Å²) >= 11 is 0. The Labute approximate surface area is 153 Å². The highest BCUT2D eigenvalue weighted by Gasteiger charge is 2.18. The molecule has 2 aromatic heterocycles. The molecule has 0 unspecified atom stereocenters. The van der Waals surface area contributed by atoms with Gasteiger partial charge in [0, 0.05) is 63.0 Å². The van der Waals surface area contributed by atoms with Gasteiger partial charge in [-0.15, -0.1) is 0 Å². The molecule has 3 aromatic rings. The van der Waals surface area contributed by atoms with Crippen molar-refractivity contribution >= 4 is 0 Å². The fourth-order valence-electron chi connectivity index (χ4n) is 3.24. The van der Waals surface area contributed by atoms with Crippen molar-refractivity contribution in [3.8, 4) is 5.75 Å². The first-order chi connectivity index (χ1) is 12.7. The highest BCUT2D eigenvalue weighted by atomic mass is 16.5. The lowest BCUT2D eigenvalue weighted by molar-refractivity contribution is 0.242. The summed E-state index contributed by atoms with van der Waals surface area (Å²) < 4.78 is 7.79. The summed E-state index contributed by atoms with van der Waals surface area (Å²) in [6.07, 6.45) is 6.66. The Balaban J connectivity index is 1.34. The van der Waals surface area contributed by atoms with Crippen LogP contribution in [-0.4, -0.2) is 31.0 Å². The summed E-state index contributed by atoms with van der Waals surface area (Å²) in [6.45, 7) is 5.29. The van der Waals surface area contributed by atoms with Gasteiger partial charge < -0.3 is 9.30 Å². The molecule has 0 bridgehead atoms. The molecule has 0 saturated carbocycles. The molecular formula is C20H23N5O. The smallest absolute Gasteiger partial charge is 0.146 e. The first-order valence-electron chi connectivity index (χ1n) is 8.89. The second-order valence-electron chi connectivity index (χ2n) is 6.74. The number of hydrogen-bond donors (Lipinski definition) is 0. The molecular weight excluding hydrogens is 326 g/mol. The molecule has 0 radical (unpaired) electrons. The van der Waals surface area contributed by atoms with Crippen LogP contribution >= 0.6 is 0 Å². The van der Waals surface area contributed by atoms with Gasteiger partial charge in [-0.2, -0.15) is 0 Å². The minimum atomic E-state index is 0.477. The largest absolute Gasteiger partial charge is 0.486 e. The Kier molecular flexibility index (Phi) is 4.67. The summed E-state index contributed by atoms with van der Waals surface area (Å²) in [5, 5.41) is 0. The number of rotatable bonds is 5. The molecule has 6 nitrogen and oxygen atoms in total. The zero-order chi connectivity index (χ0) is 17.9. The predicted octanol–water partition coefficient (Wildman–Crippen LogP) is 2.66. The maximum absolute atomic E-state index is 5.82. The number of benzene rings is 1. The first kappa shape index (κ1) is 16.7. The van der Waals surface area contributed by atoms with Crippen molar-refractivity contribution < 1.29 is 4.74 Å². The van der Waals surface area contributed by atoms with Crippen LogP contribution in [0.25, 0.3) is 0 Å². The summed E-state index contributed by atoms with van der Waals surface area (Å²) in [5.41, 5.74) is 3.73. The van der Waals surface area contributed by atoms with Gasteiger partial charge in [0.25, 0.3) is 0 Å². The van der Waals surface area contributed by atoms with Gasteiger partial charge >= 0.3 is 0 Å². The van der Waals surface area contributed by atoms with Crippen LogP contribution in [0.3, 0.4) is 0 Å². The Hall–Kier alpha value is -2.73. The van der Waals surface area contributed by atoms with Crippen LogP contribution in [0.4, 0.5) is 0 Å². The van der Waals surface area contributed by atoms with E-state index in [1.54, 1.807) is 6.20 Å². The van der Waals surface area contributed by atoms with Crippen LogP contribution < -0.4 is 4.74 Å². The van der Waals surface area contributed by atoms with Crippen molar-refractivity contribution in [3.63, 3.8) is 0 Å². The van der Waals surface area contributed by atoms with Gasteiger partial charge in [-0.05, 0) is 24.6 Å². The lowest BCUT2D eigenvalue weighted by Crippen LogP contribution is -2.31. The average molecular weight is 349 g/mol. The predicted molar refractivity (Wildman–Crippen MR) is 98.6 cm³/mol. The quantitative estimate of drug-likeness (QED) is 0.709. The molecule has 3 heterocycles. The third-order valence-electron chi connectivity index (χ3n) is 4.75. The molecule has 1 aliphatic heterocycles. The van der Waals surface area contributed by atoms with Crippen LogP contribution in [0.1, 0.15) is 28.5 Å².